The lowest BCUT2D eigenvalue weighted by Gasteiger charge is -2.38. The molecule has 0 spiro atoms. The Bertz CT molecular complexity index is 1130. The average Bonchev–Trinajstić information content (AvgIpc) is 3.21. The number of methoxy groups -OCH3 is 1. The molecular weight excluding hydrogens is 520 g/mol. The highest BCUT2D eigenvalue weighted by atomic mass is 35.5. The van der Waals surface area contributed by atoms with Gasteiger partial charge in [-0.1, -0.05) is 38.8 Å². The summed E-state index contributed by atoms with van der Waals surface area (Å²) in [5.74, 6) is 0.703. The summed E-state index contributed by atoms with van der Waals surface area (Å²) in [6.45, 7) is 11.3. The highest BCUT2D eigenvalue weighted by molar-refractivity contribution is 6.33. The molecule has 9 nitrogen and oxygen atoms in total. The molecule has 2 fully saturated rings. The number of halogens is 1. The van der Waals surface area contributed by atoms with Crippen LogP contribution in [0.15, 0.2) is 24.5 Å². The van der Waals surface area contributed by atoms with Crippen LogP contribution in [0.3, 0.4) is 0 Å². The number of aliphatic carboxylic acids is 1. The van der Waals surface area contributed by atoms with E-state index in [9.17, 15) is 9.90 Å². The van der Waals surface area contributed by atoms with Crippen LogP contribution in [0.5, 0.6) is 11.8 Å². The lowest BCUT2D eigenvalue weighted by molar-refractivity contribution is -0.137. The maximum absolute atomic E-state index is 11.7. The normalized spacial score (nSPS) is 25.1. The van der Waals surface area contributed by atoms with Gasteiger partial charge in [-0.25, -0.2) is 9.97 Å². The Morgan fingerprint density at radius 3 is 2.64 bits per heavy atom. The van der Waals surface area contributed by atoms with E-state index in [4.69, 9.17) is 30.8 Å². The van der Waals surface area contributed by atoms with Crippen molar-refractivity contribution in [3.63, 3.8) is 0 Å². The lowest BCUT2D eigenvalue weighted by atomic mass is 9.96. The van der Waals surface area contributed by atoms with E-state index in [-0.39, 0.29) is 36.5 Å². The number of aryl methyl sites for hydroxylation is 1. The van der Waals surface area contributed by atoms with E-state index in [1.807, 2.05) is 13.0 Å². The number of hydrogen-bond acceptors (Lipinski definition) is 8. The molecule has 0 aromatic carbocycles. The number of pyridine rings is 2. The van der Waals surface area contributed by atoms with Gasteiger partial charge in [-0.2, -0.15) is 0 Å². The first kappa shape index (κ1) is 29.2. The zero-order chi connectivity index (χ0) is 28.1. The summed E-state index contributed by atoms with van der Waals surface area (Å²) in [5, 5.41) is 10.2. The van der Waals surface area contributed by atoms with Crippen molar-refractivity contribution in [2.75, 3.05) is 43.2 Å². The fourth-order valence-corrected chi connectivity index (χ4v) is 5.86. The number of unbranched alkanes of at least 4 members (excludes halogenated alkanes) is 1. The van der Waals surface area contributed by atoms with Crippen molar-refractivity contribution in [2.45, 2.75) is 71.6 Å². The van der Waals surface area contributed by atoms with Gasteiger partial charge in [-0.05, 0) is 19.4 Å². The molecule has 10 heteroatoms. The van der Waals surface area contributed by atoms with Crippen LogP contribution in [0.1, 0.15) is 52.0 Å². The van der Waals surface area contributed by atoms with E-state index in [1.165, 1.54) is 0 Å². The van der Waals surface area contributed by atoms with E-state index in [0.29, 0.717) is 29.9 Å². The molecule has 2 aliphatic rings. The molecule has 0 amide bonds. The maximum atomic E-state index is 11.7. The van der Waals surface area contributed by atoms with Gasteiger partial charge in [0, 0.05) is 62.2 Å². The van der Waals surface area contributed by atoms with E-state index >= 15 is 0 Å². The van der Waals surface area contributed by atoms with Crippen LogP contribution in [0.25, 0.3) is 0 Å². The highest BCUT2D eigenvalue weighted by Gasteiger charge is 2.41. The average molecular weight is 561 g/mol. The number of nitrogens with zero attached hydrogens (tertiary/aromatic N) is 4. The van der Waals surface area contributed by atoms with Crippen LogP contribution in [0, 0.1) is 18.8 Å². The molecule has 1 N–H and O–H groups in total. The van der Waals surface area contributed by atoms with Crippen LogP contribution in [-0.2, 0) is 9.53 Å². The molecule has 4 heterocycles. The number of aromatic nitrogens is 2. The second kappa shape index (κ2) is 13.0. The third kappa shape index (κ3) is 6.87. The number of rotatable bonds is 11. The molecule has 2 unspecified atom stereocenters. The van der Waals surface area contributed by atoms with Gasteiger partial charge in [0.2, 0.25) is 11.8 Å². The van der Waals surface area contributed by atoms with Crippen LogP contribution in [0.4, 0.5) is 11.4 Å². The fraction of sp³-hybridized carbons (Fsp3) is 0.621. The fourth-order valence-electron chi connectivity index (χ4n) is 5.64. The predicted molar refractivity (Wildman–Crippen MR) is 152 cm³/mol. The Labute approximate surface area is 236 Å². The van der Waals surface area contributed by atoms with Gasteiger partial charge < -0.3 is 29.1 Å². The van der Waals surface area contributed by atoms with Crippen LogP contribution < -0.4 is 19.3 Å². The van der Waals surface area contributed by atoms with Crippen LogP contribution in [-0.4, -0.2) is 72.6 Å². The van der Waals surface area contributed by atoms with E-state index in [1.54, 1.807) is 19.5 Å². The van der Waals surface area contributed by atoms with Gasteiger partial charge in [0.25, 0.3) is 0 Å². The Kier molecular flexibility index (Phi) is 9.77. The highest BCUT2D eigenvalue weighted by Crippen LogP contribution is 2.36. The standard InChI is InChI=1S/C29H41ClN4O5/c1-6-7-10-38-26-17-34(23(20(26)4)13-28(35)36)21-11-18(2)29(32-14-21)39-25-8-9-33(16-19(25)3)24-12-27(37-5)31-15-22(24)30/h11-12,14-15,19-20,23,25-26H,6-10,13,16-17H2,1-5H3,(H,35,36)/t19?,20-,23-,25?,26-/m0/s1. The summed E-state index contributed by atoms with van der Waals surface area (Å²) in [6.07, 6.45) is 6.40. The smallest absolute Gasteiger partial charge is 0.305 e. The summed E-state index contributed by atoms with van der Waals surface area (Å²) in [4.78, 5) is 24.9. The first-order valence-electron chi connectivity index (χ1n) is 13.9. The molecule has 0 saturated carbocycles. The van der Waals surface area contributed by atoms with Gasteiger partial charge in [0.1, 0.15) is 6.10 Å². The first-order valence-corrected chi connectivity index (χ1v) is 14.3. The number of piperidine rings is 1. The van der Waals surface area contributed by atoms with Gasteiger partial charge in [0.05, 0.1) is 48.4 Å². The molecule has 39 heavy (non-hydrogen) atoms. The minimum atomic E-state index is -0.803. The molecule has 0 radical (unpaired) electrons. The third-order valence-electron chi connectivity index (χ3n) is 7.98. The van der Waals surface area contributed by atoms with Gasteiger partial charge in [0.15, 0.2) is 0 Å². The second-order valence-electron chi connectivity index (χ2n) is 10.8. The van der Waals surface area contributed by atoms with Crippen molar-refractivity contribution in [1.29, 1.82) is 0 Å². The quantitative estimate of drug-likeness (QED) is 0.371. The summed E-state index contributed by atoms with van der Waals surface area (Å²) in [7, 11) is 1.60. The molecule has 2 aromatic heterocycles. The second-order valence-corrected chi connectivity index (χ2v) is 11.2. The third-order valence-corrected chi connectivity index (χ3v) is 8.27. The Balaban J connectivity index is 1.43. The zero-order valence-corrected chi connectivity index (χ0v) is 24.4. The predicted octanol–water partition coefficient (Wildman–Crippen LogP) is 5.23. The van der Waals surface area contributed by atoms with Gasteiger partial charge in [-0.3, -0.25) is 4.79 Å². The Hall–Kier alpha value is -2.78. The maximum Gasteiger partial charge on any atom is 0.305 e. The molecule has 0 bridgehead atoms. The van der Waals surface area contributed by atoms with Gasteiger partial charge in [-0.15, -0.1) is 0 Å². The van der Waals surface area contributed by atoms with Crippen molar-refractivity contribution in [3.8, 4) is 11.8 Å². The van der Waals surface area contributed by atoms with E-state index in [0.717, 1.165) is 49.3 Å². The minimum absolute atomic E-state index is 0.00275. The molecule has 5 atom stereocenters. The van der Waals surface area contributed by atoms with Crippen molar-refractivity contribution in [2.24, 2.45) is 11.8 Å². The summed E-state index contributed by atoms with van der Waals surface area (Å²) >= 11 is 6.43. The monoisotopic (exact) mass is 560 g/mol. The molecular formula is C29H41ClN4O5. The molecule has 2 saturated heterocycles. The van der Waals surface area contributed by atoms with Crippen molar-refractivity contribution in [3.05, 3.63) is 35.1 Å². The van der Waals surface area contributed by atoms with E-state index < -0.39 is 5.97 Å². The zero-order valence-electron chi connectivity index (χ0n) is 23.6. The number of carboxylic acids is 1. The van der Waals surface area contributed by atoms with Crippen molar-refractivity contribution >= 4 is 28.9 Å². The van der Waals surface area contributed by atoms with Crippen LogP contribution in [0.2, 0.25) is 5.02 Å². The summed E-state index contributed by atoms with van der Waals surface area (Å²) in [5.41, 5.74) is 2.75. The topological polar surface area (TPSA) is 97.3 Å². The number of anilines is 2. The molecule has 4 rings (SSSR count). The van der Waals surface area contributed by atoms with Gasteiger partial charge >= 0.3 is 5.97 Å². The van der Waals surface area contributed by atoms with E-state index in [2.05, 4.69) is 41.6 Å². The molecule has 0 aliphatic carbocycles. The number of carboxylic acid groups (broad SMARTS) is 1. The lowest BCUT2D eigenvalue weighted by Crippen LogP contribution is -2.44. The number of hydrogen-bond donors (Lipinski definition) is 1. The minimum Gasteiger partial charge on any atom is -0.481 e. The molecule has 214 valence electrons. The van der Waals surface area contributed by atoms with Crippen molar-refractivity contribution < 1.29 is 24.1 Å². The molecule has 2 aliphatic heterocycles. The number of carbonyl (C=O) groups is 1. The summed E-state index contributed by atoms with van der Waals surface area (Å²) in [6, 6.07) is 3.78. The summed E-state index contributed by atoms with van der Waals surface area (Å²) < 4.78 is 17.9. The Morgan fingerprint density at radius 2 is 1.97 bits per heavy atom. The van der Waals surface area contributed by atoms with Crippen molar-refractivity contribution in [1.82, 2.24) is 9.97 Å². The Morgan fingerprint density at radius 1 is 1.18 bits per heavy atom. The molecule has 2 aromatic rings. The largest absolute Gasteiger partial charge is 0.481 e. The first-order chi connectivity index (χ1) is 18.7. The van der Waals surface area contributed by atoms with Crippen LogP contribution >= 0.6 is 11.6 Å². The number of ether oxygens (including phenoxy) is 3. The SMILES string of the molecule is CCCCO[C@H]1CN(c2cnc(OC3CCN(c4cc(OC)ncc4Cl)CC3C)c(C)c2)[C@@H](CC(=O)O)[C@@H]1C.